The molecule has 1 aliphatic heterocycles. The van der Waals surface area contributed by atoms with E-state index in [0.717, 1.165) is 5.56 Å². The molecule has 0 aliphatic carbocycles. The summed E-state index contributed by atoms with van der Waals surface area (Å²) in [5.74, 6) is 0.974. The summed E-state index contributed by atoms with van der Waals surface area (Å²) < 4.78 is 38.7. The van der Waals surface area contributed by atoms with Gasteiger partial charge in [0.1, 0.15) is 13.2 Å². The van der Waals surface area contributed by atoms with Crippen LogP contribution >= 0.6 is 11.3 Å². The van der Waals surface area contributed by atoms with E-state index in [1.165, 1.54) is 12.1 Å². The highest BCUT2D eigenvalue weighted by Gasteiger charge is 2.20. The molecule has 134 valence electrons. The monoisotopic (exact) mass is 389 g/mol. The Morgan fingerprint density at radius 2 is 1.88 bits per heavy atom. The highest BCUT2D eigenvalue weighted by atomic mass is 32.2. The molecule has 0 saturated heterocycles. The number of sulfonamides is 1. The zero-order valence-corrected chi connectivity index (χ0v) is 15.2. The standard InChI is InChI=1S/C17H15N3O4S2/c21-26(22,13-1-2-15-16(9-13)24-7-6-23-15)20-10-14-17(19-5-4-18-14)12-3-8-25-11-12/h1-5,8-9,11,20H,6-7,10H2. The van der Waals surface area contributed by atoms with E-state index in [1.807, 2.05) is 16.8 Å². The maximum absolute atomic E-state index is 12.6. The fourth-order valence-electron chi connectivity index (χ4n) is 2.57. The lowest BCUT2D eigenvalue weighted by atomic mass is 10.2. The van der Waals surface area contributed by atoms with Gasteiger partial charge in [0.25, 0.3) is 0 Å². The Morgan fingerprint density at radius 1 is 1.08 bits per heavy atom. The van der Waals surface area contributed by atoms with Gasteiger partial charge < -0.3 is 9.47 Å². The minimum absolute atomic E-state index is 0.0375. The molecule has 2 aromatic heterocycles. The first-order valence-electron chi connectivity index (χ1n) is 7.85. The molecule has 0 radical (unpaired) electrons. The van der Waals surface area contributed by atoms with E-state index in [1.54, 1.807) is 29.8 Å². The number of hydrogen-bond donors (Lipinski definition) is 1. The van der Waals surface area contributed by atoms with Crippen LogP contribution in [0.4, 0.5) is 0 Å². The van der Waals surface area contributed by atoms with Crippen LogP contribution in [0.3, 0.4) is 0 Å². The first-order valence-corrected chi connectivity index (χ1v) is 10.3. The molecule has 0 amide bonds. The number of thiophene rings is 1. The molecule has 0 bridgehead atoms. The summed E-state index contributed by atoms with van der Waals surface area (Å²) in [6.07, 6.45) is 3.13. The quantitative estimate of drug-likeness (QED) is 0.721. The van der Waals surface area contributed by atoms with Crippen LogP contribution in [0.1, 0.15) is 5.69 Å². The van der Waals surface area contributed by atoms with Gasteiger partial charge in [0, 0.05) is 29.4 Å². The molecule has 26 heavy (non-hydrogen) atoms. The highest BCUT2D eigenvalue weighted by molar-refractivity contribution is 7.89. The Labute approximate surface area is 154 Å². The molecule has 1 aliphatic rings. The molecular formula is C17H15N3O4S2. The van der Waals surface area contributed by atoms with E-state index >= 15 is 0 Å². The third-order valence-electron chi connectivity index (χ3n) is 3.82. The summed E-state index contributed by atoms with van der Waals surface area (Å²) in [5, 5.41) is 3.88. The van der Waals surface area contributed by atoms with Gasteiger partial charge in [-0.2, -0.15) is 11.3 Å². The van der Waals surface area contributed by atoms with Gasteiger partial charge in [0.05, 0.1) is 22.8 Å². The van der Waals surface area contributed by atoms with Gasteiger partial charge in [-0.15, -0.1) is 0 Å². The Kier molecular flexibility index (Phi) is 4.58. The third-order valence-corrected chi connectivity index (χ3v) is 5.90. The minimum Gasteiger partial charge on any atom is -0.486 e. The molecule has 9 heteroatoms. The predicted octanol–water partition coefficient (Wildman–Crippen LogP) is 2.45. The molecule has 3 heterocycles. The summed E-state index contributed by atoms with van der Waals surface area (Å²) in [5.41, 5.74) is 2.14. The van der Waals surface area contributed by atoms with E-state index in [-0.39, 0.29) is 11.4 Å². The molecule has 0 atom stereocenters. The van der Waals surface area contributed by atoms with Crippen LogP contribution in [0, 0.1) is 0 Å². The smallest absolute Gasteiger partial charge is 0.241 e. The van der Waals surface area contributed by atoms with Crippen molar-refractivity contribution in [1.29, 1.82) is 0 Å². The molecule has 0 unspecified atom stereocenters. The van der Waals surface area contributed by atoms with Crippen molar-refractivity contribution in [1.82, 2.24) is 14.7 Å². The number of ether oxygens (including phenoxy) is 2. The van der Waals surface area contributed by atoms with Gasteiger partial charge >= 0.3 is 0 Å². The average molecular weight is 389 g/mol. The molecule has 1 aromatic carbocycles. The minimum atomic E-state index is -3.73. The van der Waals surface area contributed by atoms with Crippen molar-refractivity contribution in [2.24, 2.45) is 0 Å². The van der Waals surface area contributed by atoms with Crippen molar-refractivity contribution in [3.63, 3.8) is 0 Å². The van der Waals surface area contributed by atoms with E-state index in [4.69, 9.17) is 9.47 Å². The zero-order chi connectivity index (χ0) is 18.0. The first-order chi connectivity index (χ1) is 12.6. The third kappa shape index (κ3) is 3.41. The van der Waals surface area contributed by atoms with Gasteiger partial charge in [-0.25, -0.2) is 13.1 Å². The second kappa shape index (κ2) is 7.02. The summed E-state index contributed by atoms with van der Waals surface area (Å²) in [6.45, 7) is 0.888. The molecule has 3 aromatic rings. The fourth-order valence-corrected chi connectivity index (χ4v) is 4.22. The van der Waals surface area contributed by atoms with Crippen LogP contribution in [0.2, 0.25) is 0 Å². The molecular weight excluding hydrogens is 374 g/mol. The second-order valence-corrected chi connectivity index (χ2v) is 8.04. The second-order valence-electron chi connectivity index (χ2n) is 5.49. The topological polar surface area (TPSA) is 90.4 Å². The lowest BCUT2D eigenvalue weighted by molar-refractivity contribution is 0.171. The fraction of sp³-hybridized carbons (Fsp3) is 0.176. The predicted molar refractivity (Wildman–Crippen MR) is 96.8 cm³/mol. The Morgan fingerprint density at radius 3 is 2.69 bits per heavy atom. The van der Waals surface area contributed by atoms with Crippen LogP contribution in [0.5, 0.6) is 11.5 Å². The van der Waals surface area contributed by atoms with Crippen molar-refractivity contribution in [3.8, 4) is 22.8 Å². The van der Waals surface area contributed by atoms with E-state index in [0.29, 0.717) is 36.1 Å². The van der Waals surface area contributed by atoms with Crippen LogP contribution in [-0.2, 0) is 16.6 Å². The van der Waals surface area contributed by atoms with Gasteiger partial charge in [-0.3, -0.25) is 9.97 Å². The molecule has 7 nitrogen and oxygen atoms in total. The normalized spacial score (nSPS) is 13.5. The summed E-state index contributed by atoms with van der Waals surface area (Å²) in [4.78, 5) is 8.71. The maximum atomic E-state index is 12.6. The maximum Gasteiger partial charge on any atom is 0.241 e. The van der Waals surface area contributed by atoms with Gasteiger partial charge in [-0.05, 0) is 23.6 Å². The van der Waals surface area contributed by atoms with Crippen LogP contribution < -0.4 is 14.2 Å². The number of fused-ring (bicyclic) bond motifs is 1. The van der Waals surface area contributed by atoms with Crippen molar-refractivity contribution in [2.75, 3.05) is 13.2 Å². The molecule has 1 N–H and O–H groups in total. The van der Waals surface area contributed by atoms with Crippen molar-refractivity contribution in [2.45, 2.75) is 11.4 Å². The molecule has 0 saturated carbocycles. The van der Waals surface area contributed by atoms with Crippen LogP contribution in [0.15, 0.2) is 52.3 Å². The van der Waals surface area contributed by atoms with Crippen molar-refractivity contribution < 1.29 is 17.9 Å². The zero-order valence-electron chi connectivity index (χ0n) is 13.6. The largest absolute Gasteiger partial charge is 0.486 e. The summed E-state index contributed by atoms with van der Waals surface area (Å²) in [6, 6.07) is 6.48. The number of nitrogens with one attached hydrogen (secondary N) is 1. The lowest BCUT2D eigenvalue weighted by Gasteiger charge is -2.19. The Bertz CT molecular complexity index is 1020. The molecule has 4 rings (SSSR count). The van der Waals surface area contributed by atoms with Crippen LogP contribution in [0.25, 0.3) is 11.3 Å². The van der Waals surface area contributed by atoms with Gasteiger partial charge in [-0.1, -0.05) is 0 Å². The lowest BCUT2D eigenvalue weighted by Crippen LogP contribution is -2.24. The van der Waals surface area contributed by atoms with E-state index in [2.05, 4.69) is 14.7 Å². The summed E-state index contributed by atoms with van der Waals surface area (Å²) >= 11 is 1.54. The average Bonchev–Trinajstić information content (AvgIpc) is 3.21. The van der Waals surface area contributed by atoms with E-state index < -0.39 is 10.0 Å². The molecule has 0 fully saturated rings. The summed E-state index contributed by atoms with van der Waals surface area (Å²) in [7, 11) is -3.73. The van der Waals surface area contributed by atoms with Crippen molar-refractivity contribution >= 4 is 21.4 Å². The van der Waals surface area contributed by atoms with Crippen LogP contribution in [-0.4, -0.2) is 31.6 Å². The number of hydrogen-bond acceptors (Lipinski definition) is 7. The number of benzene rings is 1. The van der Waals surface area contributed by atoms with Crippen molar-refractivity contribution in [3.05, 3.63) is 53.1 Å². The Balaban J connectivity index is 1.56. The first kappa shape index (κ1) is 17.0. The van der Waals surface area contributed by atoms with Gasteiger partial charge in [0.15, 0.2) is 11.5 Å². The number of nitrogens with zero attached hydrogens (tertiary/aromatic N) is 2. The SMILES string of the molecule is O=S(=O)(NCc1nccnc1-c1ccsc1)c1ccc2c(c1)OCCO2. The Hall–Kier alpha value is -2.49. The van der Waals surface area contributed by atoms with E-state index in [9.17, 15) is 8.42 Å². The van der Waals surface area contributed by atoms with Gasteiger partial charge in [0.2, 0.25) is 10.0 Å². The molecule has 0 spiro atoms. The number of rotatable bonds is 5. The highest BCUT2D eigenvalue weighted by Crippen LogP contribution is 2.32. The number of aromatic nitrogens is 2.